The van der Waals surface area contributed by atoms with E-state index in [1.807, 2.05) is 18.2 Å². The second-order valence-corrected chi connectivity index (χ2v) is 9.17. The molecule has 172 valence electrons. The lowest BCUT2D eigenvalue weighted by atomic mass is 9.69. The zero-order valence-corrected chi connectivity index (χ0v) is 19.6. The molecule has 2 unspecified atom stereocenters. The van der Waals surface area contributed by atoms with Gasteiger partial charge in [0, 0.05) is 38.8 Å². The van der Waals surface area contributed by atoms with Gasteiger partial charge >= 0.3 is 0 Å². The van der Waals surface area contributed by atoms with Crippen LogP contribution in [0.25, 0.3) is 0 Å². The molecule has 32 heavy (non-hydrogen) atoms. The van der Waals surface area contributed by atoms with E-state index in [1.54, 1.807) is 12.1 Å². The van der Waals surface area contributed by atoms with Crippen molar-refractivity contribution in [2.45, 2.75) is 45.1 Å². The molecule has 2 aromatic rings. The molecular weight excluding hydrogens is 401 g/mol. The van der Waals surface area contributed by atoms with E-state index in [-0.39, 0.29) is 11.7 Å². The number of halogens is 1. The van der Waals surface area contributed by atoms with E-state index in [0.29, 0.717) is 18.4 Å². The zero-order valence-electron chi connectivity index (χ0n) is 19.6. The number of hydrogen-bond acceptors (Lipinski definition) is 4. The first-order chi connectivity index (χ1) is 15.4. The van der Waals surface area contributed by atoms with E-state index in [9.17, 15) is 9.65 Å². The van der Waals surface area contributed by atoms with Gasteiger partial charge in [0.15, 0.2) is 0 Å². The van der Waals surface area contributed by atoms with Crippen LogP contribution in [0, 0.1) is 23.1 Å². The maximum absolute atomic E-state index is 13.0. The number of nitriles is 1. The summed E-state index contributed by atoms with van der Waals surface area (Å²) in [5.41, 5.74) is 0.699. The average molecular weight is 438 g/mol. The summed E-state index contributed by atoms with van der Waals surface area (Å²) in [6.07, 6.45) is 1.88. The van der Waals surface area contributed by atoms with Gasteiger partial charge in [0.25, 0.3) is 0 Å². The Morgan fingerprint density at radius 3 is 2.25 bits per heavy atom. The lowest BCUT2D eigenvalue weighted by Crippen LogP contribution is -2.50. The molecule has 3 rings (SSSR count). The summed E-state index contributed by atoms with van der Waals surface area (Å²) in [4.78, 5) is 4.97. The van der Waals surface area contributed by atoms with E-state index < -0.39 is 5.41 Å². The van der Waals surface area contributed by atoms with E-state index in [0.717, 1.165) is 51.1 Å². The minimum Gasteiger partial charge on any atom is -0.492 e. The van der Waals surface area contributed by atoms with Crippen LogP contribution >= 0.6 is 0 Å². The van der Waals surface area contributed by atoms with Crippen molar-refractivity contribution >= 4 is 0 Å². The largest absolute Gasteiger partial charge is 0.492 e. The summed E-state index contributed by atoms with van der Waals surface area (Å²) in [5.74, 6) is 0.732. The second-order valence-electron chi connectivity index (χ2n) is 9.17. The molecule has 2 atom stereocenters. The van der Waals surface area contributed by atoms with Crippen LogP contribution in [0.3, 0.4) is 0 Å². The van der Waals surface area contributed by atoms with Crippen LogP contribution in [0.1, 0.15) is 39.2 Å². The van der Waals surface area contributed by atoms with Crippen molar-refractivity contribution in [2.24, 2.45) is 5.92 Å². The van der Waals surface area contributed by atoms with Crippen molar-refractivity contribution in [3.63, 3.8) is 0 Å². The lowest BCUT2D eigenvalue weighted by molar-refractivity contribution is 0.0855. The molecule has 4 nitrogen and oxygen atoms in total. The molecule has 1 aliphatic rings. The van der Waals surface area contributed by atoms with E-state index >= 15 is 0 Å². The minimum atomic E-state index is -0.435. The Morgan fingerprint density at radius 2 is 1.66 bits per heavy atom. The second kappa shape index (κ2) is 11.4. The summed E-state index contributed by atoms with van der Waals surface area (Å²) < 4.78 is 18.7. The van der Waals surface area contributed by atoms with Gasteiger partial charge in [0.1, 0.15) is 18.2 Å². The topological polar surface area (TPSA) is 39.5 Å². The number of hydrogen-bond donors (Lipinski definition) is 0. The molecule has 2 aromatic carbocycles. The quantitative estimate of drug-likeness (QED) is 0.518. The zero-order chi connectivity index (χ0) is 23.0. The predicted octanol–water partition coefficient (Wildman–Crippen LogP) is 5.11. The molecule has 1 fully saturated rings. The first-order valence-electron chi connectivity index (χ1n) is 11.8. The van der Waals surface area contributed by atoms with Crippen LogP contribution < -0.4 is 4.74 Å². The third-order valence-corrected chi connectivity index (χ3v) is 6.95. The van der Waals surface area contributed by atoms with Crippen molar-refractivity contribution in [3.8, 4) is 11.8 Å². The van der Waals surface area contributed by atoms with Crippen LogP contribution in [-0.2, 0) is 5.41 Å². The molecular formula is C27H36FN3O. The predicted molar refractivity (Wildman–Crippen MR) is 127 cm³/mol. The van der Waals surface area contributed by atoms with Gasteiger partial charge in [-0.25, -0.2) is 4.39 Å². The first kappa shape index (κ1) is 24.2. The molecule has 0 bridgehead atoms. The molecule has 0 saturated carbocycles. The molecule has 1 aliphatic heterocycles. The highest BCUT2D eigenvalue weighted by Crippen LogP contribution is 2.37. The summed E-state index contributed by atoms with van der Waals surface area (Å²) in [5, 5.41) is 10.1. The highest BCUT2D eigenvalue weighted by atomic mass is 19.1. The molecule has 1 saturated heterocycles. The number of ether oxygens (including phenoxy) is 1. The summed E-state index contributed by atoms with van der Waals surface area (Å²) in [6, 6.07) is 19.6. The molecule has 5 heteroatoms. The summed E-state index contributed by atoms with van der Waals surface area (Å²) in [7, 11) is 0. The number of rotatable bonds is 10. The molecule has 0 N–H and O–H groups in total. The molecule has 0 amide bonds. The minimum absolute atomic E-state index is 0.244. The third-order valence-electron chi connectivity index (χ3n) is 6.95. The van der Waals surface area contributed by atoms with Crippen molar-refractivity contribution in [3.05, 3.63) is 66.0 Å². The fourth-order valence-corrected chi connectivity index (χ4v) is 4.62. The maximum atomic E-state index is 13.0. The lowest BCUT2D eigenvalue weighted by Gasteiger charge is -2.39. The summed E-state index contributed by atoms with van der Waals surface area (Å²) in [6.45, 7) is 12.2. The summed E-state index contributed by atoms with van der Waals surface area (Å²) >= 11 is 0. The Morgan fingerprint density at radius 1 is 1.00 bits per heavy atom. The van der Waals surface area contributed by atoms with E-state index in [2.05, 4.69) is 48.8 Å². The van der Waals surface area contributed by atoms with Crippen LogP contribution in [0.5, 0.6) is 5.75 Å². The maximum Gasteiger partial charge on any atom is 0.123 e. The van der Waals surface area contributed by atoms with Gasteiger partial charge in [0.05, 0.1) is 11.5 Å². The Labute approximate surface area is 192 Å². The van der Waals surface area contributed by atoms with Gasteiger partial charge in [-0.2, -0.15) is 5.26 Å². The molecule has 0 spiro atoms. The number of benzene rings is 2. The Kier molecular flexibility index (Phi) is 8.67. The van der Waals surface area contributed by atoms with Crippen molar-refractivity contribution in [1.29, 1.82) is 5.26 Å². The van der Waals surface area contributed by atoms with Gasteiger partial charge in [0.2, 0.25) is 0 Å². The Hall–Kier alpha value is -2.42. The monoisotopic (exact) mass is 437 g/mol. The SMILES string of the molecule is CC(CCC(C#N)(c1ccccc1)C(C)C)N1CCN(CCOc2ccc(F)cc2)CC1. The fraction of sp³-hybridized carbons (Fsp3) is 0.519. The molecule has 0 radical (unpaired) electrons. The molecule has 0 aromatic heterocycles. The standard InChI is InChI=1S/C27H36FN3O/c1-22(2)27(21-29,24-7-5-4-6-8-24)14-13-23(3)31-17-15-30(16-18-31)19-20-32-26-11-9-25(28)10-12-26/h4-12,22-23H,13-20H2,1-3H3. The third kappa shape index (κ3) is 6.09. The van der Waals surface area contributed by atoms with Gasteiger partial charge in [-0.3, -0.25) is 9.80 Å². The van der Waals surface area contributed by atoms with Gasteiger partial charge in [-0.05, 0) is 55.5 Å². The van der Waals surface area contributed by atoms with Crippen molar-refractivity contribution < 1.29 is 9.13 Å². The van der Waals surface area contributed by atoms with Gasteiger partial charge in [-0.1, -0.05) is 44.2 Å². The molecule has 0 aliphatic carbocycles. The first-order valence-corrected chi connectivity index (χ1v) is 11.8. The molecule has 1 heterocycles. The normalized spacial score (nSPS) is 18.1. The average Bonchev–Trinajstić information content (AvgIpc) is 2.82. The van der Waals surface area contributed by atoms with Crippen LogP contribution in [0.4, 0.5) is 4.39 Å². The fourth-order valence-electron chi connectivity index (χ4n) is 4.62. The Bertz CT molecular complexity index is 857. The highest BCUT2D eigenvalue weighted by Gasteiger charge is 2.36. The van der Waals surface area contributed by atoms with Gasteiger partial charge in [-0.15, -0.1) is 0 Å². The van der Waals surface area contributed by atoms with Crippen LogP contribution in [-0.4, -0.2) is 55.2 Å². The smallest absolute Gasteiger partial charge is 0.123 e. The van der Waals surface area contributed by atoms with Crippen molar-refractivity contribution in [1.82, 2.24) is 9.80 Å². The number of piperazine rings is 1. The van der Waals surface area contributed by atoms with Crippen molar-refractivity contribution in [2.75, 3.05) is 39.3 Å². The van der Waals surface area contributed by atoms with Crippen LogP contribution in [0.2, 0.25) is 0 Å². The van der Waals surface area contributed by atoms with E-state index in [4.69, 9.17) is 4.74 Å². The van der Waals surface area contributed by atoms with E-state index in [1.165, 1.54) is 12.1 Å². The van der Waals surface area contributed by atoms with Crippen LogP contribution in [0.15, 0.2) is 54.6 Å². The highest BCUT2D eigenvalue weighted by molar-refractivity contribution is 5.33. The van der Waals surface area contributed by atoms with Gasteiger partial charge < -0.3 is 4.74 Å². The Balaban J connectivity index is 1.45. The number of nitrogens with zero attached hydrogens (tertiary/aromatic N) is 3.